The standard InChI is InChI=1S/C17H14ClNO/c1-2-20-14-8-9-16-13(10-14)11-15(17(18)19-16)12-6-4-3-5-7-12/h3-11H,2H2,1H3. The average Bonchev–Trinajstić information content (AvgIpc) is 2.48. The fraction of sp³-hybridized carbons (Fsp3) is 0.118. The van der Waals surface area contributed by atoms with Gasteiger partial charge in [-0.05, 0) is 36.8 Å². The summed E-state index contributed by atoms with van der Waals surface area (Å²) in [5, 5.41) is 1.55. The monoisotopic (exact) mass is 283 g/mol. The van der Waals surface area contributed by atoms with Crippen LogP contribution in [0.5, 0.6) is 5.75 Å². The van der Waals surface area contributed by atoms with Crippen molar-refractivity contribution in [3.63, 3.8) is 0 Å². The number of nitrogens with zero attached hydrogens (tertiary/aromatic N) is 1. The Morgan fingerprint density at radius 1 is 1.05 bits per heavy atom. The summed E-state index contributed by atoms with van der Waals surface area (Å²) in [4.78, 5) is 4.46. The summed E-state index contributed by atoms with van der Waals surface area (Å²) in [6.07, 6.45) is 0. The molecule has 3 aromatic rings. The van der Waals surface area contributed by atoms with Gasteiger partial charge in [0, 0.05) is 10.9 Å². The molecule has 20 heavy (non-hydrogen) atoms. The van der Waals surface area contributed by atoms with E-state index in [1.54, 1.807) is 0 Å². The van der Waals surface area contributed by atoms with Crippen LogP contribution in [-0.2, 0) is 0 Å². The predicted octanol–water partition coefficient (Wildman–Crippen LogP) is 4.95. The Bertz CT molecular complexity index is 741. The number of benzene rings is 2. The first-order valence-electron chi connectivity index (χ1n) is 6.56. The first-order valence-corrected chi connectivity index (χ1v) is 6.94. The molecule has 2 nitrogen and oxygen atoms in total. The van der Waals surface area contributed by atoms with E-state index in [2.05, 4.69) is 11.1 Å². The molecule has 0 fully saturated rings. The van der Waals surface area contributed by atoms with E-state index < -0.39 is 0 Å². The average molecular weight is 284 g/mol. The zero-order valence-electron chi connectivity index (χ0n) is 11.1. The fourth-order valence-corrected chi connectivity index (χ4v) is 2.46. The normalized spacial score (nSPS) is 10.7. The van der Waals surface area contributed by atoms with Gasteiger partial charge in [-0.1, -0.05) is 41.9 Å². The van der Waals surface area contributed by atoms with Crippen molar-refractivity contribution in [2.24, 2.45) is 0 Å². The summed E-state index contributed by atoms with van der Waals surface area (Å²) in [5.74, 6) is 0.850. The molecule has 0 bridgehead atoms. The third kappa shape index (κ3) is 2.47. The highest BCUT2D eigenvalue weighted by atomic mass is 35.5. The largest absolute Gasteiger partial charge is 0.494 e. The minimum atomic E-state index is 0.521. The highest BCUT2D eigenvalue weighted by Gasteiger charge is 2.07. The maximum atomic E-state index is 6.30. The molecular weight excluding hydrogens is 270 g/mol. The predicted molar refractivity (Wildman–Crippen MR) is 83.4 cm³/mol. The summed E-state index contributed by atoms with van der Waals surface area (Å²) < 4.78 is 5.53. The molecule has 100 valence electrons. The lowest BCUT2D eigenvalue weighted by Crippen LogP contribution is -1.92. The van der Waals surface area contributed by atoms with Gasteiger partial charge in [-0.3, -0.25) is 0 Å². The van der Waals surface area contributed by atoms with E-state index >= 15 is 0 Å². The van der Waals surface area contributed by atoms with Crippen LogP contribution in [0.4, 0.5) is 0 Å². The molecule has 1 aromatic heterocycles. The highest BCUT2D eigenvalue weighted by molar-refractivity contribution is 6.32. The van der Waals surface area contributed by atoms with Gasteiger partial charge in [0.15, 0.2) is 0 Å². The van der Waals surface area contributed by atoms with E-state index in [0.717, 1.165) is 27.8 Å². The first kappa shape index (κ1) is 12.9. The van der Waals surface area contributed by atoms with Crippen LogP contribution in [0.3, 0.4) is 0 Å². The van der Waals surface area contributed by atoms with Crippen molar-refractivity contribution in [3.05, 3.63) is 59.8 Å². The maximum absolute atomic E-state index is 6.30. The molecule has 0 aliphatic carbocycles. The third-order valence-corrected chi connectivity index (χ3v) is 3.42. The second kappa shape index (κ2) is 5.51. The Hall–Kier alpha value is -2.06. The number of ether oxygens (including phenoxy) is 1. The van der Waals surface area contributed by atoms with Crippen molar-refractivity contribution in [3.8, 4) is 16.9 Å². The van der Waals surface area contributed by atoms with Gasteiger partial charge in [-0.2, -0.15) is 0 Å². The Labute approximate surface area is 123 Å². The summed E-state index contributed by atoms with van der Waals surface area (Å²) in [5.41, 5.74) is 2.88. The minimum absolute atomic E-state index is 0.521. The molecule has 0 saturated heterocycles. The molecule has 0 aliphatic heterocycles. The quantitative estimate of drug-likeness (QED) is 0.634. The van der Waals surface area contributed by atoms with E-state index in [1.807, 2.05) is 55.5 Å². The van der Waals surface area contributed by atoms with Crippen LogP contribution in [0.2, 0.25) is 5.15 Å². The topological polar surface area (TPSA) is 22.1 Å². The van der Waals surface area contributed by atoms with Crippen LogP contribution in [-0.4, -0.2) is 11.6 Å². The molecule has 0 aliphatic rings. The molecule has 0 saturated carbocycles. The zero-order chi connectivity index (χ0) is 13.9. The van der Waals surface area contributed by atoms with Crippen molar-refractivity contribution in [2.75, 3.05) is 6.61 Å². The van der Waals surface area contributed by atoms with Gasteiger partial charge in [0.05, 0.1) is 12.1 Å². The maximum Gasteiger partial charge on any atom is 0.137 e. The van der Waals surface area contributed by atoms with Crippen molar-refractivity contribution in [1.29, 1.82) is 0 Å². The number of hydrogen-bond acceptors (Lipinski definition) is 2. The molecule has 1 heterocycles. The summed E-state index contributed by atoms with van der Waals surface area (Å²) in [6.45, 7) is 2.62. The molecule has 0 atom stereocenters. The lowest BCUT2D eigenvalue weighted by Gasteiger charge is -2.08. The van der Waals surface area contributed by atoms with Gasteiger partial charge in [0.2, 0.25) is 0 Å². The molecule has 0 amide bonds. The van der Waals surface area contributed by atoms with E-state index in [1.165, 1.54) is 0 Å². The van der Waals surface area contributed by atoms with Crippen LogP contribution in [0.1, 0.15) is 6.92 Å². The second-order valence-corrected chi connectivity index (χ2v) is 4.84. The molecule has 3 rings (SSSR count). The molecule has 2 aromatic carbocycles. The van der Waals surface area contributed by atoms with E-state index in [4.69, 9.17) is 16.3 Å². The fourth-order valence-electron chi connectivity index (χ4n) is 2.21. The van der Waals surface area contributed by atoms with Gasteiger partial charge in [0.1, 0.15) is 10.9 Å². The van der Waals surface area contributed by atoms with E-state index in [9.17, 15) is 0 Å². The molecule has 0 radical (unpaired) electrons. The summed E-state index contributed by atoms with van der Waals surface area (Å²) in [7, 11) is 0. The number of halogens is 1. The highest BCUT2D eigenvalue weighted by Crippen LogP contribution is 2.31. The Morgan fingerprint density at radius 3 is 2.60 bits per heavy atom. The number of pyridine rings is 1. The van der Waals surface area contributed by atoms with Gasteiger partial charge in [-0.25, -0.2) is 4.98 Å². The second-order valence-electron chi connectivity index (χ2n) is 4.48. The Balaban J connectivity index is 2.16. The van der Waals surface area contributed by atoms with E-state index in [-0.39, 0.29) is 0 Å². The first-order chi connectivity index (χ1) is 9.78. The Morgan fingerprint density at radius 2 is 1.85 bits per heavy atom. The van der Waals surface area contributed by atoms with Crippen molar-refractivity contribution >= 4 is 22.5 Å². The number of fused-ring (bicyclic) bond motifs is 1. The van der Waals surface area contributed by atoms with Gasteiger partial charge < -0.3 is 4.74 Å². The van der Waals surface area contributed by atoms with Crippen LogP contribution in [0, 0.1) is 0 Å². The van der Waals surface area contributed by atoms with Crippen LogP contribution < -0.4 is 4.74 Å². The zero-order valence-corrected chi connectivity index (χ0v) is 11.9. The van der Waals surface area contributed by atoms with Gasteiger partial charge in [0.25, 0.3) is 0 Å². The van der Waals surface area contributed by atoms with Crippen LogP contribution in [0.25, 0.3) is 22.0 Å². The van der Waals surface area contributed by atoms with Gasteiger partial charge >= 0.3 is 0 Å². The molecule has 0 N–H and O–H groups in total. The third-order valence-electron chi connectivity index (χ3n) is 3.14. The van der Waals surface area contributed by atoms with Crippen molar-refractivity contribution in [2.45, 2.75) is 6.92 Å². The summed E-state index contributed by atoms with van der Waals surface area (Å²) in [6, 6.07) is 17.9. The number of rotatable bonds is 3. The minimum Gasteiger partial charge on any atom is -0.494 e. The molecule has 3 heteroatoms. The Kier molecular flexibility index (Phi) is 3.57. The van der Waals surface area contributed by atoms with Crippen molar-refractivity contribution in [1.82, 2.24) is 4.98 Å². The van der Waals surface area contributed by atoms with E-state index in [0.29, 0.717) is 11.8 Å². The van der Waals surface area contributed by atoms with Crippen LogP contribution >= 0.6 is 11.6 Å². The summed E-state index contributed by atoms with van der Waals surface area (Å²) >= 11 is 6.30. The number of aromatic nitrogens is 1. The smallest absolute Gasteiger partial charge is 0.137 e. The lowest BCUT2D eigenvalue weighted by molar-refractivity contribution is 0.340. The SMILES string of the molecule is CCOc1ccc2nc(Cl)c(-c3ccccc3)cc2c1. The molecule has 0 unspecified atom stereocenters. The van der Waals surface area contributed by atoms with Crippen molar-refractivity contribution < 1.29 is 4.74 Å². The van der Waals surface area contributed by atoms with Crippen LogP contribution in [0.15, 0.2) is 54.6 Å². The van der Waals surface area contributed by atoms with Gasteiger partial charge in [-0.15, -0.1) is 0 Å². The number of hydrogen-bond donors (Lipinski definition) is 0. The molecular formula is C17H14ClNO. The molecule has 0 spiro atoms. The lowest BCUT2D eigenvalue weighted by atomic mass is 10.1.